The summed E-state index contributed by atoms with van der Waals surface area (Å²) in [7, 11) is 1.00. The first kappa shape index (κ1) is 15.9. The number of carbonyl (C=O) groups excluding carboxylic acids is 1. The van der Waals surface area contributed by atoms with Crippen LogP contribution in [-0.2, 0) is 4.79 Å². The Hall–Kier alpha value is -2.99. The Labute approximate surface area is 138 Å². The quantitative estimate of drug-likeness (QED) is 0.759. The maximum atomic E-state index is 11.2. The van der Waals surface area contributed by atoms with E-state index in [1.165, 1.54) is 0 Å². The van der Waals surface area contributed by atoms with Crippen molar-refractivity contribution in [2.75, 3.05) is 7.11 Å². The summed E-state index contributed by atoms with van der Waals surface area (Å²) >= 11 is 0. The summed E-state index contributed by atoms with van der Waals surface area (Å²) in [5, 5.41) is 11.1. The summed E-state index contributed by atoms with van der Waals surface area (Å²) in [6.45, 7) is 0. The van der Waals surface area contributed by atoms with E-state index >= 15 is 0 Å². The van der Waals surface area contributed by atoms with Gasteiger partial charge in [-0.15, -0.1) is 0 Å². The molecule has 2 N–H and O–H groups in total. The van der Waals surface area contributed by atoms with E-state index in [9.17, 15) is 4.79 Å². The number of benzene rings is 2. The molecule has 0 bridgehead atoms. The van der Waals surface area contributed by atoms with Crippen molar-refractivity contribution in [3.63, 3.8) is 0 Å². The van der Waals surface area contributed by atoms with Crippen molar-refractivity contribution in [1.29, 1.82) is 0 Å². The van der Waals surface area contributed by atoms with Crippen molar-refractivity contribution >= 4 is 22.7 Å². The molecule has 0 fully saturated rings. The van der Waals surface area contributed by atoms with E-state index < -0.39 is 0 Å². The van der Waals surface area contributed by atoms with Gasteiger partial charge in [0.25, 0.3) is 0 Å². The molecule has 6 nitrogen and oxygen atoms in total. The minimum absolute atomic E-state index is 0.0455. The molecule has 0 saturated heterocycles. The van der Waals surface area contributed by atoms with E-state index in [0.717, 1.165) is 35.0 Å². The minimum Gasteiger partial charge on any atom is -0.436 e. The zero-order valence-corrected chi connectivity index (χ0v) is 13.2. The summed E-state index contributed by atoms with van der Waals surface area (Å²) < 4.78 is 5.85. The lowest BCUT2D eigenvalue weighted by atomic mass is 10.0. The molecular formula is C18H17N3O3. The number of hydrogen-bond donors (Lipinski definition) is 2. The van der Waals surface area contributed by atoms with Crippen LogP contribution in [0.15, 0.2) is 58.0 Å². The number of amides is 1. The van der Waals surface area contributed by atoms with E-state index in [1.54, 1.807) is 0 Å². The molecule has 2 aromatic carbocycles. The molecule has 0 radical (unpaired) electrons. The molecule has 0 atom stereocenters. The molecule has 24 heavy (non-hydrogen) atoms. The lowest BCUT2D eigenvalue weighted by Gasteiger charge is -2.11. The van der Waals surface area contributed by atoms with Crippen LogP contribution in [0, 0.1) is 0 Å². The van der Waals surface area contributed by atoms with Crippen LogP contribution < -0.4 is 5.43 Å². The zero-order valence-electron chi connectivity index (χ0n) is 13.2. The van der Waals surface area contributed by atoms with Gasteiger partial charge in [-0.25, -0.2) is 10.4 Å². The average Bonchev–Trinajstić information content (AvgIpc) is 3.08. The molecule has 122 valence electrons. The Bertz CT molecular complexity index is 885. The van der Waals surface area contributed by atoms with Crippen molar-refractivity contribution in [3.05, 3.63) is 54.1 Å². The molecule has 1 amide bonds. The summed E-state index contributed by atoms with van der Waals surface area (Å²) in [5.41, 5.74) is 6.79. The molecule has 1 aliphatic rings. The number of hydrazone groups is 1. The second-order valence-corrected chi connectivity index (χ2v) is 5.16. The Balaban J connectivity index is 0.000000815. The van der Waals surface area contributed by atoms with Crippen molar-refractivity contribution in [3.8, 4) is 11.5 Å². The lowest BCUT2D eigenvalue weighted by molar-refractivity contribution is -0.121. The molecule has 2 heterocycles. The van der Waals surface area contributed by atoms with Crippen LogP contribution >= 0.6 is 0 Å². The van der Waals surface area contributed by atoms with Crippen LogP contribution in [0.3, 0.4) is 0 Å². The fourth-order valence-corrected chi connectivity index (χ4v) is 2.49. The second-order valence-electron chi connectivity index (χ2n) is 5.16. The average molecular weight is 323 g/mol. The molecular weight excluding hydrogens is 306 g/mol. The van der Waals surface area contributed by atoms with Gasteiger partial charge < -0.3 is 9.52 Å². The first-order valence-corrected chi connectivity index (χ1v) is 7.56. The molecule has 0 saturated carbocycles. The third-order valence-corrected chi connectivity index (χ3v) is 3.65. The number of nitrogens with zero attached hydrogens (tertiary/aromatic N) is 2. The van der Waals surface area contributed by atoms with Crippen molar-refractivity contribution < 1.29 is 14.3 Å². The number of hydrogen-bond acceptors (Lipinski definition) is 5. The third-order valence-electron chi connectivity index (χ3n) is 3.65. The lowest BCUT2D eigenvalue weighted by Crippen LogP contribution is -2.25. The first-order chi connectivity index (χ1) is 11.8. The van der Waals surface area contributed by atoms with Crippen LogP contribution in [0.2, 0.25) is 0 Å². The summed E-state index contributed by atoms with van der Waals surface area (Å²) in [6.07, 6.45) is 1.10. The Morgan fingerprint density at radius 1 is 1.04 bits per heavy atom. The smallest absolute Gasteiger partial charge is 0.240 e. The van der Waals surface area contributed by atoms with Gasteiger partial charge in [-0.1, -0.05) is 24.3 Å². The summed E-state index contributed by atoms with van der Waals surface area (Å²) in [4.78, 5) is 15.7. The van der Waals surface area contributed by atoms with Crippen LogP contribution in [0.1, 0.15) is 18.4 Å². The highest BCUT2D eigenvalue weighted by molar-refractivity contribution is 6.05. The van der Waals surface area contributed by atoms with Gasteiger partial charge in [0.1, 0.15) is 5.52 Å². The zero-order chi connectivity index (χ0) is 16.9. The van der Waals surface area contributed by atoms with Gasteiger partial charge in [-0.2, -0.15) is 5.10 Å². The predicted molar refractivity (Wildman–Crippen MR) is 91.5 cm³/mol. The van der Waals surface area contributed by atoms with Crippen LogP contribution in [0.25, 0.3) is 22.6 Å². The van der Waals surface area contributed by atoms with Gasteiger partial charge in [0.2, 0.25) is 11.8 Å². The maximum absolute atomic E-state index is 11.2. The fourth-order valence-electron chi connectivity index (χ4n) is 2.49. The maximum Gasteiger partial charge on any atom is 0.240 e. The monoisotopic (exact) mass is 323 g/mol. The normalized spacial score (nSPS) is 13.8. The molecule has 1 aliphatic heterocycles. The topological polar surface area (TPSA) is 87.7 Å². The van der Waals surface area contributed by atoms with Crippen LogP contribution in [0.5, 0.6) is 0 Å². The Morgan fingerprint density at radius 2 is 1.83 bits per heavy atom. The first-order valence-electron chi connectivity index (χ1n) is 7.56. The van der Waals surface area contributed by atoms with Gasteiger partial charge in [-0.05, 0) is 24.3 Å². The van der Waals surface area contributed by atoms with E-state index in [2.05, 4.69) is 15.5 Å². The van der Waals surface area contributed by atoms with Crippen molar-refractivity contribution in [2.45, 2.75) is 12.8 Å². The highest BCUT2D eigenvalue weighted by Crippen LogP contribution is 2.25. The number of fused-ring (bicyclic) bond motifs is 1. The van der Waals surface area contributed by atoms with E-state index in [0.29, 0.717) is 18.7 Å². The standard InChI is InChI=1S/C17H13N3O2.CH4O/c21-16-9-8-13(19-20-16)12-6-7-14-15(10-12)22-17(18-14)11-4-2-1-3-5-11;1-2/h1-7,10H,8-9H2,(H,20,21);2H,1H3. The second kappa shape index (κ2) is 7.06. The van der Waals surface area contributed by atoms with Gasteiger partial charge in [-0.3, -0.25) is 4.79 Å². The number of aliphatic hydroxyl groups is 1. The number of oxazole rings is 1. The van der Waals surface area contributed by atoms with Crippen LogP contribution in [-0.4, -0.2) is 28.8 Å². The van der Waals surface area contributed by atoms with E-state index in [1.807, 2.05) is 48.5 Å². The van der Waals surface area contributed by atoms with Crippen molar-refractivity contribution in [2.24, 2.45) is 5.10 Å². The molecule has 0 spiro atoms. The molecule has 4 rings (SSSR count). The molecule has 0 aliphatic carbocycles. The molecule has 1 aromatic heterocycles. The van der Waals surface area contributed by atoms with Gasteiger partial charge >= 0.3 is 0 Å². The largest absolute Gasteiger partial charge is 0.436 e. The number of aliphatic hydroxyl groups excluding tert-OH is 1. The molecule has 0 unspecified atom stereocenters. The van der Waals surface area contributed by atoms with Crippen molar-refractivity contribution in [1.82, 2.24) is 10.4 Å². The number of rotatable bonds is 2. The molecule has 6 heteroatoms. The number of aromatic nitrogens is 1. The van der Waals surface area contributed by atoms with Gasteiger partial charge in [0, 0.05) is 31.1 Å². The number of nitrogens with one attached hydrogen (secondary N) is 1. The highest BCUT2D eigenvalue weighted by Gasteiger charge is 2.15. The SMILES string of the molecule is CO.O=C1CCC(c2ccc3nc(-c4ccccc4)oc3c2)=NN1. The summed E-state index contributed by atoms with van der Waals surface area (Å²) in [6, 6.07) is 15.6. The van der Waals surface area contributed by atoms with Crippen LogP contribution in [0.4, 0.5) is 0 Å². The fraction of sp³-hybridized carbons (Fsp3) is 0.167. The Morgan fingerprint density at radius 3 is 2.54 bits per heavy atom. The minimum atomic E-state index is -0.0455. The predicted octanol–water partition coefficient (Wildman–Crippen LogP) is 2.72. The van der Waals surface area contributed by atoms with E-state index in [-0.39, 0.29) is 5.91 Å². The van der Waals surface area contributed by atoms with Gasteiger partial charge in [0.05, 0.1) is 5.71 Å². The van der Waals surface area contributed by atoms with Gasteiger partial charge in [0.15, 0.2) is 5.58 Å². The Kier molecular flexibility index (Phi) is 4.67. The van der Waals surface area contributed by atoms with E-state index in [4.69, 9.17) is 9.52 Å². The summed E-state index contributed by atoms with van der Waals surface area (Å²) in [5.74, 6) is 0.558. The third kappa shape index (κ3) is 3.18. The number of carbonyl (C=O) groups is 1. The highest BCUT2D eigenvalue weighted by atomic mass is 16.3. The molecule has 3 aromatic rings.